The molecule has 0 bridgehead atoms. The average molecular weight is 368 g/mol. The molecule has 0 N–H and O–H groups in total. The van der Waals surface area contributed by atoms with Crippen molar-refractivity contribution < 1.29 is 19.0 Å². The summed E-state index contributed by atoms with van der Waals surface area (Å²) in [5.74, 6) is 2.17. The molecule has 0 fully saturated rings. The molecule has 1 amide bonds. The fourth-order valence-corrected chi connectivity index (χ4v) is 3.20. The van der Waals surface area contributed by atoms with Gasteiger partial charge in [-0.2, -0.15) is 5.10 Å². The van der Waals surface area contributed by atoms with Crippen molar-refractivity contribution in [3.63, 3.8) is 0 Å². The van der Waals surface area contributed by atoms with E-state index in [9.17, 15) is 4.79 Å². The van der Waals surface area contributed by atoms with Crippen LogP contribution in [-0.2, 0) is 4.79 Å². The Balaban J connectivity index is 1.99. The molecule has 0 radical (unpaired) electrons. The molecule has 3 rings (SSSR count). The van der Waals surface area contributed by atoms with Crippen molar-refractivity contribution in [2.45, 2.75) is 25.8 Å². The molecule has 0 unspecified atom stereocenters. The number of rotatable bonds is 6. The quantitative estimate of drug-likeness (QED) is 0.778. The summed E-state index contributed by atoms with van der Waals surface area (Å²) in [5, 5.41) is 6.20. The monoisotopic (exact) mass is 368 g/mol. The van der Waals surface area contributed by atoms with Gasteiger partial charge in [-0.05, 0) is 48.0 Å². The molecule has 0 saturated heterocycles. The molecule has 2 aromatic carbocycles. The van der Waals surface area contributed by atoms with E-state index in [2.05, 4.69) is 5.10 Å². The van der Waals surface area contributed by atoms with Gasteiger partial charge in [0.15, 0.2) is 0 Å². The highest BCUT2D eigenvalue weighted by atomic mass is 16.5. The summed E-state index contributed by atoms with van der Waals surface area (Å²) >= 11 is 0. The fourth-order valence-electron chi connectivity index (χ4n) is 3.20. The van der Waals surface area contributed by atoms with Gasteiger partial charge >= 0.3 is 0 Å². The van der Waals surface area contributed by atoms with E-state index in [0.29, 0.717) is 24.3 Å². The topological polar surface area (TPSA) is 60.4 Å². The predicted molar refractivity (Wildman–Crippen MR) is 104 cm³/mol. The van der Waals surface area contributed by atoms with Crippen LogP contribution in [0.1, 0.15) is 36.9 Å². The number of hydrogen-bond donors (Lipinski definition) is 0. The molecule has 2 aromatic rings. The summed E-state index contributed by atoms with van der Waals surface area (Å²) in [4.78, 5) is 12.6. The van der Waals surface area contributed by atoms with Crippen LogP contribution in [0.2, 0.25) is 0 Å². The summed E-state index contributed by atoms with van der Waals surface area (Å²) in [5.41, 5.74) is 2.70. The van der Waals surface area contributed by atoms with Crippen molar-refractivity contribution in [2.75, 3.05) is 21.3 Å². The van der Waals surface area contributed by atoms with Gasteiger partial charge in [-0.25, -0.2) is 5.01 Å². The first kappa shape index (κ1) is 18.8. The number of ether oxygens (including phenoxy) is 3. The van der Waals surface area contributed by atoms with Crippen molar-refractivity contribution in [3.05, 3.63) is 53.6 Å². The molecule has 0 aliphatic carbocycles. The highest BCUT2D eigenvalue weighted by molar-refractivity contribution is 6.03. The molecule has 0 saturated carbocycles. The van der Waals surface area contributed by atoms with Crippen molar-refractivity contribution in [1.29, 1.82) is 0 Å². The van der Waals surface area contributed by atoms with Crippen LogP contribution in [-0.4, -0.2) is 38.0 Å². The number of methoxy groups -OCH3 is 3. The molecule has 1 aliphatic heterocycles. The Kier molecular flexibility index (Phi) is 5.64. The average Bonchev–Trinajstić information content (AvgIpc) is 3.18. The third-order valence-electron chi connectivity index (χ3n) is 4.69. The second-order valence-corrected chi connectivity index (χ2v) is 6.19. The minimum atomic E-state index is -0.236. The van der Waals surface area contributed by atoms with E-state index in [1.807, 2.05) is 49.4 Å². The van der Waals surface area contributed by atoms with Crippen LogP contribution >= 0.6 is 0 Å². The zero-order valence-corrected chi connectivity index (χ0v) is 16.1. The molecular weight excluding hydrogens is 344 g/mol. The molecule has 0 spiro atoms. The lowest BCUT2D eigenvalue weighted by atomic mass is 9.97. The first-order valence-corrected chi connectivity index (χ1v) is 8.87. The molecule has 6 heteroatoms. The Morgan fingerprint density at radius 2 is 1.70 bits per heavy atom. The van der Waals surface area contributed by atoms with Gasteiger partial charge in [0.2, 0.25) is 5.91 Å². The van der Waals surface area contributed by atoms with Crippen LogP contribution in [0.3, 0.4) is 0 Å². The Hall–Kier alpha value is -3.02. The number of amides is 1. The molecule has 142 valence electrons. The zero-order valence-electron chi connectivity index (χ0n) is 16.1. The van der Waals surface area contributed by atoms with E-state index < -0.39 is 0 Å². The molecule has 1 aliphatic rings. The summed E-state index contributed by atoms with van der Waals surface area (Å²) in [6.07, 6.45) is 0.976. The predicted octanol–water partition coefficient (Wildman–Crippen LogP) is 3.80. The number of hydrogen-bond acceptors (Lipinski definition) is 5. The van der Waals surface area contributed by atoms with Gasteiger partial charge in [-0.1, -0.05) is 6.92 Å². The maximum Gasteiger partial charge on any atom is 0.242 e. The number of carbonyl (C=O) groups excluding carboxylic acids is 1. The van der Waals surface area contributed by atoms with Crippen LogP contribution < -0.4 is 14.2 Å². The van der Waals surface area contributed by atoms with Crippen LogP contribution in [0.4, 0.5) is 0 Å². The summed E-state index contributed by atoms with van der Waals surface area (Å²) in [6, 6.07) is 13.1. The van der Waals surface area contributed by atoms with Gasteiger partial charge < -0.3 is 14.2 Å². The van der Waals surface area contributed by atoms with E-state index in [4.69, 9.17) is 14.2 Å². The van der Waals surface area contributed by atoms with E-state index in [0.717, 1.165) is 22.6 Å². The third-order valence-corrected chi connectivity index (χ3v) is 4.69. The fraction of sp³-hybridized carbons (Fsp3) is 0.333. The van der Waals surface area contributed by atoms with E-state index in [1.165, 1.54) is 0 Å². The van der Waals surface area contributed by atoms with Crippen molar-refractivity contribution in [3.8, 4) is 17.2 Å². The molecular formula is C21H24N2O4. The Morgan fingerprint density at radius 1 is 1.04 bits per heavy atom. The molecule has 27 heavy (non-hydrogen) atoms. The largest absolute Gasteiger partial charge is 0.497 e. The zero-order chi connectivity index (χ0) is 19.4. The van der Waals surface area contributed by atoms with Crippen molar-refractivity contribution >= 4 is 11.6 Å². The van der Waals surface area contributed by atoms with E-state index >= 15 is 0 Å². The Labute approximate surface area is 159 Å². The smallest absolute Gasteiger partial charge is 0.242 e. The molecule has 1 heterocycles. The third kappa shape index (κ3) is 3.74. The van der Waals surface area contributed by atoms with Gasteiger partial charge in [-0.3, -0.25) is 4.79 Å². The first-order valence-electron chi connectivity index (χ1n) is 8.87. The lowest BCUT2D eigenvalue weighted by Crippen LogP contribution is -2.26. The number of nitrogens with zero attached hydrogens (tertiary/aromatic N) is 2. The summed E-state index contributed by atoms with van der Waals surface area (Å²) in [7, 11) is 4.88. The molecule has 1 atom stereocenters. The SMILES string of the molecule is CCC(=O)N1N=C(c2ccc(OC)cc2)C[C@H]1c1cc(OC)ccc1OC. The van der Waals surface area contributed by atoms with Crippen LogP contribution in [0.5, 0.6) is 17.2 Å². The van der Waals surface area contributed by atoms with Gasteiger partial charge in [-0.15, -0.1) is 0 Å². The standard InChI is InChI=1S/C21H24N2O4/c1-5-21(24)23-19(17-12-16(26-3)10-11-20(17)27-4)13-18(22-23)14-6-8-15(25-2)9-7-14/h6-12,19H,5,13H2,1-4H3/t19-/m0/s1. The van der Waals surface area contributed by atoms with Gasteiger partial charge in [0, 0.05) is 18.4 Å². The van der Waals surface area contributed by atoms with Gasteiger partial charge in [0.05, 0.1) is 33.1 Å². The summed E-state index contributed by atoms with van der Waals surface area (Å²) < 4.78 is 16.1. The highest BCUT2D eigenvalue weighted by Gasteiger charge is 2.34. The maximum atomic E-state index is 12.6. The number of benzene rings is 2. The summed E-state index contributed by atoms with van der Waals surface area (Å²) in [6.45, 7) is 1.84. The Morgan fingerprint density at radius 3 is 2.30 bits per heavy atom. The lowest BCUT2D eigenvalue weighted by Gasteiger charge is -2.23. The van der Waals surface area contributed by atoms with Crippen molar-refractivity contribution in [2.24, 2.45) is 5.10 Å². The van der Waals surface area contributed by atoms with E-state index in [1.54, 1.807) is 26.3 Å². The van der Waals surface area contributed by atoms with Crippen molar-refractivity contribution in [1.82, 2.24) is 5.01 Å². The van der Waals surface area contributed by atoms with Gasteiger partial charge in [0.25, 0.3) is 0 Å². The second kappa shape index (κ2) is 8.12. The normalized spacial score (nSPS) is 16.1. The van der Waals surface area contributed by atoms with Gasteiger partial charge in [0.1, 0.15) is 17.2 Å². The molecule has 6 nitrogen and oxygen atoms in total. The van der Waals surface area contributed by atoms with Crippen LogP contribution in [0, 0.1) is 0 Å². The highest BCUT2D eigenvalue weighted by Crippen LogP contribution is 2.39. The number of carbonyl (C=O) groups is 1. The Bertz CT molecular complexity index is 846. The van der Waals surface area contributed by atoms with E-state index in [-0.39, 0.29) is 11.9 Å². The van der Waals surface area contributed by atoms with Crippen LogP contribution in [0.15, 0.2) is 47.6 Å². The number of hydrazone groups is 1. The second-order valence-electron chi connectivity index (χ2n) is 6.19. The minimum Gasteiger partial charge on any atom is -0.497 e. The van der Waals surface area contributed by atoms with Crippen LogP contribution in [0.25, 0.3) is 0 Å². The maximum absolute atomic E-state index is 12.6. The lowest BCUT2D eigenvalue weighted by molar-refractivity contribution is -0.132. The minimum absolute atomic E-state index is 0.0339. The first-order chi connectivity index (χ1) is 13.1. The molecule has 0 aromatic heterocycles.